The first-order chi connectivity index (χ1) is 9.47. The number of rotatable bonds is 3. The number of nitro benzene ring substituents is 1. The van der Waals surface area contributed by atoms with Crippen LogP contribution >= 0.6 is 0 Å². The fourth-order valence-corrected chi connectivity index (χ4v) is 2.12. The number of carbonyl (C=O) groups is 1. The molecule has 0 saturated carbocycles. The van der Waals surface area contributed by atoms with Crippen LogP contribution in [-0.4, -0.2) is 40.2 Å². The van der Waals surface area contributed by atoms with Crippen molar-refractivity contribution in [2.75, 3.05) is 13.1 Å². The summed E-state index contributed by atoms with van der Waals surface area (Å²) in [5.41, 5.74) is -0.334. The van der Waals surface area contributed by atoms with E-state index in [4.69, 9.17) is 9.84 Å². The second kappa shape index (κ2) is 5.72. The Bertz CT molecular complexity index is 537. The second-order valence-corrected chi connectivity index (χ2v) is 4.48. The van der Waals surface area contributed by atoms with Crippen LogP contribution in [0.15, 0.2) is 18.2 Å². The van der Waals surface area contributed by atoms with Crippen LogP contribution in [0.5, 0.6) is 5.75 Å². The largest absolute Gasteiger partial charge is 0.482 e. The lowest BCUT2D eigenvalue weighted by Crippen LogP contribution is -2.43. The maximum atomic E-state index is 13.2. The maximum Gasteiger partial charge on any atom is 0.407 e. The molecular formula is C12H13FN2O5. The molecule has 1 amide bonds. The molecule has 1 aromatic rings. The van der Waals surface area contributed by atoms with Crippen molar-refractivity contribution in [3.8, 4) is 5.75 Å². The number of nitrogens with zero attached hydrogens (tertiary/aromatic N) is 2. The Hall–Kier alpha value is -2.38. The van der Waals surface area contributed by atoms with Crippen molar-refractivity contribution >= 4 is 11.8 Å². The van der Waals surface area contributed by atoms with Crippen molar-refractivity contribution < 1.29 is 24.0 Å². The highest BCUT2D eigenvalue weighted by Gasteiger charge is 2.27. The minimum atomic E-state index is -1.06. The lowest BCUT2D eigenvalue weighted by atomic mass is 10.1. The summed E-state index contributed by atoms with van der Waals surface area (Å²) < 4.78 is 18.6. The fourth-order valence-electron chi connectivity index (χ4n) is 2.12. The minimum Gasteiger partial charge on any atom is -0.482 e. The molecule has 1 heterocycles. The van der Waals surface area contributed by atoms with E-state index in [1.165, 1.54) is 4.90 Å². The first kappa shape index (κ1) is 14.0. The third-order valence-corrected chi connectivity index (χ3v) is 3.06. The van der Waals surface area contributed by atoms with E-state index in [0.29, 0.717) is 19.4 Å². The molecule has 1 aromatic carbocycles. The summed E-state index contributed by atoms with van der Waals surface area (Å²) in [7, 11) is 0. The van der Waals surface area contributed by atoms with Gasteiger partial charge in [-0.1, -0.05) is 0 Å². The van der Waals surface area contributed by atoms with Gasteiger partial charge in [-0.3, -0.25) is 10.1 Å². The van der Waals surface area contributed by atoms with Gasteiger partial charge in [0.2, 0.25) is 0 Å². The highest BCUT2D eigenvalue weighted by Crippen LogP contribution is 2.29. The second-order valence-electron chi connectivity index (χ2n) is 4.48. The lowest BCUT2D eigenvalue weighted by Gasteiger charge is -2.30. The number of carboxylic acid groups (broad SMARTS) is 1. The van der Waals surface area contributed by atoms with Crippen LogP contribution in [0.3, 0.4) is 0 Å². The zero-order valence-electron chi connectivity index (χ0n) is 10.5. The number of halogens is 1. The summed E-state index contributed by atoms with van der Waals surface area (Å²) in [4.78, 5) is 22.2. The van der Waals surface area contributed by atoms with E-state index < -0.39 is 22.9 Å². The Labute approximate surface area is 113 Å². The van der Waals surface area contributed by atoms with Gasteiger partial charge < -0.3 is 14.7 Å². The predicted molar refractivity (Wildman–Crippen MR) is 66.3 cm³/mol. The number of ether oxygens (including phenoxy) is 1. The predicted octanol–water partition coefficient (Wildman–Crippen LogP) is 2.26. The Morgan fingerprint density at radius 2 is 2.30 bits per heavy atom. The van der Waals surface area contributed by atoms with Crippen molar-refractivity contribution in [1.82, 2.24) is 4.90 Å². The maximum absolute atomic E-state index is 13.2. The molecule has 0 aliphatic carbocycles. The third-order valence-electron chi connectivity index (χ3n) is 3.06. The van der Waals surface area contributed by atoms with E-state index >= 15 is 0 Å². The first-order valence-electron chi connectivity index (χ1n) is 6.06. The van der Waals surface area contributed by atoms with Crippen LogP contribution in [0.1, 0.15) is 12.8 Å². The zero-order valence-corrected chi connectivity index (χ0v) is 10.5. The molecule has 108 valence electrons. The standard InChI is InChI=1S/C12H13FN2O5/c13-8-3-4-10(15(18)19)11(6-8)20-9-2-1-5-14(7-9)12(16)17/h3-4,6,9H,1-2,5,7H2,(H,16,17). The van der Waals surface area contributed by atoms with Gasteiger partial charge in [-0.2, -0.15) is 0 Å². The molecule has 2 rings (SSSR count). The van der Waals surface area contributed by atoms with Gasteiger partial charge in [0.05, 0.1) is 11.5 Å². The number of benzene rings is 1. The van der Waals surface area contributed by atoms with Gasteiger partial charge in [0.1, 0.15) is 11.9 Å². The zero-order chi connectivity index (χ0) is 14.7. The number of hydrogen-bond acceptors (Lipinski definition) is 4. The van der Waals surface area contributed by atoms with Crippen LogP contribution in [0.4, 0.5) is 14.9 Å². The molecule has 8 heteroatoms. The van der Waals surface area contributed by atoms with Crippen molar-refractivity contribution in [2.45, 2.75) is 18.9 Å². The van der Waals surface area contributed by atoms with Crippen LogP contribution in [0.2, 0.25) is 0 Å². The number of nitro groups is 1. The van der Waals surface area contributed by atoms with E-state index in [0.717, 1.165) is 18.2 Å². The molecule has 0 radical (unpaired) electrons. The molecule has 1 N–H and O–H groups in total. The smallest absolute Gasteiger partial charge is 0.407 e. The summed E-state index contributed by atoms with van der Waals surface area (Å²) in [5, 5.41) is 19.8. The monoisotopic (exact) mass is 284 g/mol. The van der Waals surface area contributed by atoms with Crippen molar-refractivity contribution in [3.05, 3.63) is 34.1 Å². The summed E-state index contributed by atoms with van der Waals surface area (Å²) in [6.45, 7) is 0.517. The molecule has 0 spiro atoms. The first-order valence-corrected chi connectivity index (χ1v) is 6.06. The Morgan fingerprint density at radius 3 is 2.95 bits per heavy atom. The summed E-state index contributed by atoms with van der Waals surface area (Å²) in [6.07, 6.45) is -0.412. The van der Waals surface area contributed by atoms with E-state index in [1.54, 1.807) is 0 Å². The van der Waals surface area contributed by atoms with Gasteiger partial charge in [-0.25, -0.2) is 9.18 Å². The van der Waals surface area contributed by atoms with Crippen LogP contribution < -0.4 is 4.74 Å². The number of amides is 1. The van der Waals surface area contributed by atoms with Crippen molar-refractivity contribution in [1.29, 1.82) is 0 Å². The molecule has 1 unspecified atom stereocenters. The van der Waals surface area contributed by atoms with E-state index in [2.05, 4.69) is 0 Å². The number of piperidine rings is 1. The van der Waals surface area contributed by atoms with E-state index in [1.807, 2.05) is 0 Å². The minimum absolute atomic E-state index is 0.114. The average Bonchev–Trinajstić information content (AvgIpc) is 2.38. The number of likely N-dealkylation sites (tertiary alicyclic amines) is 1. The fraction of sp³-hybridized carbons (Fsp3) is 0.417. The molecule has 0 aromatic heterocycles. The van der Waals surface area contributed by atoms with E-state index in [9.17, 15) is 19.3 Å². The van der Waals surface area contributed by atoms with Crippen molar-refractivity contribution in [2.24, 2.45) is 0 Å². The highest BCUT2D eigenvalue weighted by molar-refractivity contribution is 5.65. The Kier molecular flexibility index (Phi) is 4.02. The van der Waals surface area contributed by atoms with Gasteiger partial charge >= 0.3 is 11.8 Å². The van der Waals surface area contributed by atoms with Crippen LogP contribution in [-0.2, 0) is 0 Å². The summed E-state index contributed by atoms with van der Waals surface area (Å²) >= 11 is 0. The van der Waals surface area contributed by atoms with Gasteiger partial charge in [-0.05, 0) is 18.9 Å². The van der Waals surface area contributed by atoms with Gasteiger partial charge in [0.25, 0.3) is 0 Å². The molecule has 20 heavy (non-hydrogen) atoms. The topological polar surface area (TPSA) is 92.9 Å². The lowest BCUT2D eigenvalue weighted by molar-refractivity contribution is -0.386. The normalized spacial score (nSPS) is 18.6. The molecule has 1 saturated heterocycles. The van der Waals surface area contributed by atoms with Gasteiger partial charge in [0.15, 0.2) is 5.75 Å². The summed E-state index contributed by atoms with van der Waals surface area (Å²) in [5.74, 6) is -0.816. The van der Waals surface area contributed by atoms with E-state index in [-0.39, 0.29) is 18.0 Å². The molecule has 1 fully saturated rings. The van der Waals surface area contributed by atoms with Gasteiger partial charge in [0, 0.05) is 18.7 Å². The Morgan fingerprint density at radius 1 is 1.55 bits per heavy atom. The molecular weight excluding hydrogens is 271 g/mol. The molecule has 1 aliphatic heterocycles. The SMILES string of the molecule is O=C(O)N1CCCC(Oc2cc(F)ccc2[N+](=O)[O-])C1. The quantitative estimate of drug-likeness (QED) is 0.678. The van der Waals surface area contributed by atoms with Gasteiger partial charge in [-0.15, -0.1) is 0 Å². The average molecular weight is 284 g/mol. The van der Waals surface area contributed by atoms with Crippen LogP contribution in [0, 0.1) is 15.9 Å². The third kappa shape index (κ3) is 3.14. The molecule has 0 bridgehead atoms. The summed E-state index contributed by atoms with van der Waals surface area (Å²) in [6, 6.07) is 2.95. The highest BCUT2D eigenvalue weighted by atomic mass is 19.1. The molecule has 7 nitrogen and oxygen atoms in total. The Balaban J connectivity index is 2.15. The van der Waals surface area contributed by atoms with Crippen molar-refractivity contribution in [3.63, 3.8) is 0 Å². The molecule has 1 aliphatic rings. The van der Waals surface area contributed by atoms with Crippen LogP contribution in [0.25, 0.3) is 0 Å². The molecule has 1 atom stereocenters. The number of hydrogen-bond donors (Lipinski definition) is 1.